The van der Waals surface area contributed by atoms with Gasteiger partial charge in [0.25, 0.3) is 0 Å². The molecule has 3 aliphatic rings. The monoisotopic (exact) mass is 450 g/mol. The van der Waals surface area contributed by atoms with E-state index < -0.39 is 5.25 Å². The minimum Gasteiger partial charge on any atom is -0.307 e. The average molecular weight is 451 g/mol. The second-order valence-corrected chi connectivity index (χ2v) is 10.1. The van der Waals surface area contributed by atoms with Gasteiger partial charge in [0, 0.05) is 14.8 Å². The number of aromatic amines is 1. The van der Waals surface area contributed by atoms with Crippen molar-refractivity contribution in [1.29, 1.82) is 0 Å². The molecule has 2 atom stereocenters. The lowest BCUT2D eigenvalue weighted by atomic mass is 9.71. The van der Waals surface area contributed by atoms with Gasteiger partial charge in [-0.3, -0.25) is 14.4 Å². The molecule has 5 nitrogen and oxygen atoms in total. The number of benzene rings is 1. The Morgan fingerprint density at radius 1 is 1.08 bits per heavy atom. The fraction of sp³-hybridized carbons (Fsp3) is 0.389. The molecule has 2 aromatic rings. The van der Waals surface area contributed by atoms with Crippen LogP contribution >= 0.6 is 39.0 Å². The van der Waals surface area contributed by atoms with Crippen molar-refractivity contribution in [3.8, 4) is 0 Å². The molecule has 2 aliphatic heterocycles. The highest BCUT2D eigenvalue weighted by Crippen LogP contribution is 2.59. The summed E-state index contributed by atoms with van der Waals surface area (Å²) < 4.78 is 0.902. The van der Waals surface area contributed by atoms with Gasteiger partial charge in [-0.2, -0.15) is 0 Å². The molecule has 0 bridgehead atoms. The highest BCUT2D eigenvalue weighted by Gasteiger charge is 2.63. The second kappa shape index (κ2) is 5.81. The van der Waals surface area contributed by atoms with E-state index in [1.807, 2.05) is 12.1 Å². The molecule has 1 spiro atoms. The summed E-state index contributed by atoms with van der Waals surface area (Å²) in [5, 5.41) is 0.337. The predicted molar refractivity (Wildman–Crippen MR) is 105 cm³/mol. The molecule has 3 heterocycles. The Morgan fingerprint density at radius 3 is 2.46 bits per heavy atom. The quantitative estimate of drug-likeness (QED) is 0.672. The molecule has 1 aromatic heterocycles. The number of nitrogens with zero attached hydrogens (tertiary/aromatic N) is 1. The molecule has 1 aliphatic carbocycles. The first-order valence-electron chi connectivity index (χ1n) is 8.55. The van der Waals surface area contributed by atoms with E-state index in [0.29, 0.717) is 5.69 Å². The molecular weight excluding hydrogens is 436 g/mol. The van der Waals surface area contributed by atoms with E-state index in [1.165, 1.54) is 28.0 Å². The number of fused-ring (bicyclic) bond motifs is 4. The molecule has 1 saturated heterocycles. The summed E-state index contributed by atoms with van der Waals surface area (Å²) in [6.45, 7) is 0. The third-order valence-electron chi connectivity index (χ3n) is 5.74. The van der Waals surface area contributed by atoms with Crippen LogP contribution in [0.2, 0.25) is 0 Å². The standard InChI is InChI=1S/C18H15BrN2O3S2/c19-9-3-5-10(6-4-9)21-15(22)11-12(16(21)23)25-14-13(26-17(24)20-14)18(11)7-1-2-8-18/h3-6,11-12H,1-2,7-8H2,(H,20,24). The van der Waals surface area contributed by atoms with Gasteiger partial charge in [-0.25, -0.2) is 4.90 Å². The van der Waals surface area contributed by atoms with Crippen LogP contribution in [0.4, 0.5) is 5.69 Å². The van der Waals surface area contributed by atoms with Gasteiger partial charge in [0.2, 0.25) is 11.8 Å². The van der Waals surface area contributed by atoms with Gasteiger partial charge in [0.05, 0.1) is 16.6 Å². The summed E-state index contributed by atoms with van der Waals surface area (Å²) in [6.07, 6.45) is 3.78. The van der Waals surface area contributed by atoms with E-state index in [2.05, 4.69) is 20.9 Å². The van der Waals surface area contributed by atoms with Crippen LogP contribution in [0.15, 0.2) is 38.6 Å². The number of nitrogens with one attached hydrogen (secondary N) is 1. The molecule has 2 amide bonds. The van der Waals surface area contributed by atoms with Crippen LogP contribution in [-0.4, -0.2) is 22.0 Å². The molecule has 1 N–H and O–H groups in total. The Bertz CT molecular complexity index is 975. The van der Waals surface area contributed by atoms with Crippen LogP contribution in [-0.2, 0) is 15.0 Å². The first kappa shape index (κ1) is 16.8. The Morgan fingerprint density at radius 2 is 1.77 bits per heavy atom. The molecule has 0 radical (unpaired) electrons. The van der Waals surface area contributed by atoms with Gasteiger partial charge < -0.3 is 4.98 Å². The smallest absolute Gasteiger partial charge is 0.305 e. The summed E-state index contributed by atoms with van der Waals surface area (Å²) in [6, 6.07) is 7.26. The van der Waals surface area contributed by atoms with Gasteiger partial charge in [-0.05, 0) is 37.1 Å². The van der Waals surface area contributed by atoms with E-state index in [-0.39, 0.29) is 28.0 Å². The fourth-order valence-corrected chi connectivity index (χ4v) is 7.72. The molecule has 1 saturated carbocycles. The van der Waals surface area contributed by atoms with E-state index in [1.54, 1.807) is 12.1 Å². The molecule has 26 heavy (non-hydrogen) atoms. The zero-order chi connectivity index (χ0) is 18.1. The van der Waals surface area contributed by atoms with Crippen molar-refractivity contribution in [3.05, 3.63) is 43.3 Å². The number of thiazole rings is 1. The van der Waals surface area contributed by atoms with Gasteiger partial charge in [0.1, 0.15) is 5.25 Å². The molecule has 5 rings (SSSR count). The largest absolute Gasteiger partial charge is 0.307 e. The molecule has 8 heteroatoms. The molecule has 2 unspecified atom stereocenters. The number of halogens is 1. The maximum Gasteiger partial charge on any atom is 0.305 e. The lowest BCUT2D eigenvalue weighted by Crippen LogP contribution is -2.43. The minimum atomic E-state index is -0.456. The number of hydrogen-bond donors (Lipinski definition) is 1. The van der Waals surface area contributed by atoms with Crippen molar-refractivity contribution >= 4 is 56.5 Å². The third kappa shape index (κ3) is 2.18. The van der Waals surface area contributed by atoms with Gasteiger partial charge >= 0.3 is 4.87 Å². The maximum atomic E-state index is 13.4. The molecular formula is C18H15BrN2O3S2. The Hall–Kier alpha value is -1.38. The summed E-state index contributed by atoms with van der Waals surface area (Å²) in [5.74, 6) is -0.676. The zero-order valence-electron chi connectivity index (χ0n) is 13.7. The summed E-state index contributed by atoms with van der Waals surface area (Å²) in [4.78, 5) is 43.7. The molecule has 1 aromatic carbocycles. The maximum absolute atomic E-state index is 13.4. The minimum absolute atomic E-state index is 0.0987. The third-order valence-corrected chi connectivity index (χ3v) is 8.77. The number of imide groups is 1. The topological polar surface area (TPSA) is 70.2 Å². The van der Waals surface area contributed by atoms with E-state index in [4.69, 9.17) is 0 Å². The number of anilines is 1. The van der Waals surface area contributed by atoms with Gasteiger partial charge in [-0.1, -0.05) is 51.9 Å². The van der Waals surface area contributed by atoms with Gasteiger partial charge in [0.15, 0.2) is 0 Å². The molecule has 2 fully saturated rings. The number of carbonyl (C=O) groups excluding carboxylic acids is 2. The summed E-state index contributed by atoms with van der Waals surface area (Å²) in [7, 11) is 0. The fourth-order valence-electron chi connectivity index (χ4n) is 4.67. The predicted octanol–water partition coefficient (Wildman–Crippen LogP) is 3.67. The lowest BCUT2D eigenvalue weighted by molar-refractivity contribution is -0.123. The number of carbonyl (C=O) groups is 2. The van der Waals surface area contributed by atoms with Crippen LogP contribution in [0.1, 0.15) is 30.6 Å². The van der Waals surface area contributed by atoms with Crippen LogP contribution in [0.25, 0.3) is 0 Å². The normalized spacial score (nSPS) is 26.4. The Kier molecular flexibility index (Phi) is 3.75. The van der Waals surface area contributed by atoms with E-state index >= 15 is 0 Å². The van der Waals surface area contributed by atoms with Gasteiger partial charge in [-0.15, -0.1) is 0 Å². The zero-order valence-corrected chi connectivity index (χ0v) is 16.9. The van der Waals surface area contributed by atoms with Crippen LogP contribution in [0.3, 0.4) is 0 Å². The van der Waals surface area contributed by atoms with Crippen molar-refractivity contribution < 1.29 is 9.59 Å². The number of aromatic nitrogens is 1. The summed E-state index contributed by atoms with van der Waals surface area (Å²) >= 11 is 5.96. The summed E-state index contributed by atoms with van der Waals surface area (Å²) in [5.41, 5.74) is 0.245. The highest BCUT2D eigenvalue weighted by molar-refractivity contribution is 9.10. The number of H-pyrrole nitrogens is 1. The number of hydrogen-bond acceptors (Lipinski definition) is 5. The van der Waals surface area contributed by atoms with E-state index in [0.717, 1.165) is 40.1 Å². The van der Waals surface area contributed by atoms with Crippen LogP contribution < -0.4 is 9.77 Å². The average Bonchev–Trinajstić information content (AvgIpc) is 3.29. The van der Waals surface area contributed by atoms with Crippen molar-refractivity contribution in [2.45, 2.75) is 41.4 Å². The SMILES string of the molecule is O=C1C2Sc3[nH]c(=O)sc3C3(CCCC3)C2C(=O)N1c1ccc(Br)cc1. The number of thioether (sulfide) groups is 1. The van der Waals surface area contributed by atoms with Crippen LogP contribution in [0.5, 0.6) is 0 Å². The number of rotatable bonds is 1. The van der Waals surface area contributed by atoms with Crippen molar-refractivity contribution in [3.63, 3.8) is 0 Å². The first-order valence-corrected chi connectivity index (χ1v) is 11.0. The first-order chi connectivity index (χ1) is 12.5. The Balaban J connectivity index is 1.65. The second-order valence-electron chi connectivity index (χ2n) is 7.04. The van der Waals surface area contributed by atoms with E-state index in [9.17, 15) is 14.4 Å². The van der Waals surface area contributed by atoms with Crippen molar-refractivity contribution in [2.75, 3.05) is 4.90 Å². The van der Waals surface area contributed by atoms with Crippen molar-refractivity contribution in [1.82, 2.24) is 4.98 Å². The lowest BCUT2D eigenvalue weighted by Gasteiger charge is -2.39. The number of amides is 2. The Labute approximate surface area is 166 Å². The molecule has 134 valence electrons. The van der Waals surface area contributed by atoms with Crippen LogP contribution in [0, 0.1) is 5.92 Å². The highest BCUT2D eigenvalue weighted by atomic mass is 79.9. The van der Waals surface area contributed by atoms with Crippen molar-refractivity contribution in [2.24, 2.45) is 5.92 Å².